The van der Waals surface area contributed by atoms with E-state index < -0.39 is 5.60 Å². The van der Waals surface area contributed by atoms with E-state index in [1.807, 2.05) is 6.92 Å². The van der Waals surface area contributed by atoms with Gasteiger partial charge in [0, 0.05) is 0 Å². The van der Waals surface area contributed by atoms with Crippen LogP contribution in [0, 0.1) is 11.7 Å². The van der Waals surface area contributed by atoms with E-state index in [1.165, 1.54) is 37.9 Å². The van der Waals surface area contributed by atoms with Gasteiger partial charge in [0.1, 0.15) is 11.4 Å². The molecule has 0 spiro atoms. The summed E-state index contributed by atoms with van der Waals surface area (Å²) in [5, 5.41) is 10.7. The summed E-state index contributed by atoms with van der Waals surface area (Å²) < 4.78 is 12.8. The molecule has 1 aliphatic rings. The van der Waals surface area contributed by atoms with Crippen LogP contribution in [0.15, 0.2) is 18.3 Å². The van der Waals surface area contributed by atoms with Crippen LogP contribution in [-0.2, 0) is 5.60 Å². The van der Waals surface area contributed by atoms with Crippen molar-refractivity contribution in [1.82, 2.24) is 4.98 Å². The lowest BCUT2D eigenvalue weighted by atomic mass is 9.84. The van der Waals surface area contributed by atoms with Crippen molar-refractivity contribution in [2.75, 3.05) is 0 Å². The van der Waals surface area contributed by atoms with E-state index in [-0.39, 0.29) is 5.82 Å². The summed E-state index contributed by atoms with van der Waals surface area (Å²) in [6.45, 7) is 1.96. The van der Waals surface area contributed by atoms with Crippen molar-refractivity contribution in [2.24, 2.45) is 5.92 Å². The maximum atomic E-state index is 12.8. The Labute approximate surface area is 102 Å². The number of halogens is 1. The summed E-state index contributed by atoms with van der Waals surface area (Å²) in [5.41, 5.74) is -0.281. The lowest BCUT2D eigenvalue weighted by molar-refractivity contribution is 0.00349. The smallest absolute Gasteiger partial charge is 0.141 e. The Morgan fingerprint density at radius 3 is 2.65 bits per heavy atom. The first-order valence-electron chi connectivity index (χ1n) is 6.48. The summed E-state index contributed by atoms with van der Waals surface area (Å²) in [5.74, 6) is 0.236. The van der Waals surface area contributed by atoms with E-state index in [9.17, 15) is 9.50 Å². The fraction of sp³-hybridized carbons (Fsp3) is 0.643. The maximum absolute atomic E-state index is 12.8. The monoisotopic (exact) mass is 237 g/mol. The third kappa shape index (κ3) is 2.83. The molecule has 1 saturated carbocycles. The molecule has 1 aliphatic carbocycles. The molecule has 1 fully saturated rings. The molecule has 1 heterocycles. The molecule has 0 amide bonds. The molecular formula is C14H20FNO. The average Bonchev–Trinajstić information content (AvgIpc) is 2.82. The Morgan fingerprint density at radius 1 is 1.41 bits per heavy atom. The van der Waals surface area contributed by atoms with Crippen molar-refractivity contribution in [3.63, 3.8) is 0 Å². The van der Waals surface area contributed by atoms with E-state index in [0.29, 0.717) is 18.0 Å². The molecule has 17 heavy (non-hydrogen) atoms. The molecule has 1 N–H and O–H groups in total. The molecule has 0 radical (unpaired) electrons. The molecule has 0 saturated heterocycles. The van der Waals surface area contributed by atoms with Crippen LogP contribution in [0.1, 0.15) is 51.1 Å². The van der Waals surface area contributed by atoms with Crippen LogP contribution in [-0.4, -0.2) is 10.1 Å². The number of hydrogen-bond acceptors (Lipinski definition) is 2. The standard InChI is InChI=1S/C14H20FNO/c1-2-14(17,9-11-5-3-4-6-11)13-8-7-12(15)10-16-13/h7-8,10-11,17H,2-6,9H2,1H3. The Hall–Kier alpha value is -0.960. The highest BCUT2D eigenvalue weighted by molar-refractivity contribution is 5.14. The van der Waals surface area contributed by atoms with E-state index in [0.717, 1.165) is 6.42 Å². The zero-order chi connectivity index (χ0) is 12.3. The quantitative estimate of drug-likeness (QED) is 0.870. The van der Waals surface area contributed by atoms with E-state index in [1.54, 1.807) is 6.07 Å². The van der Waals surface area contributed by atoms with Gasteiger partial charge in [-0.05, 0) is 30.9 Å². The first kappa shape index (κ1) is 12.5. The minimum atomic E-state index is -0.886. The van der Waals surface area contributed by atoms with E-state index >= 15 is 0 Å². The largest absolute Gasteiger partial charge is 0.384 e. The number of aromatic nitrogens is 1. The predicted molar refractivity (Wildman–Crippen MR) is 65.0 cm³/mol. The van der Waals surface area contributed by atoms with Gasteiger partial charge in [-0.1, -0.05) is 32.6 Å². The summed E-state index contributed by atoms with van der Waals surface area (Å²) >= 11 is 0. The number of rotatable bonds is 4. The normalized spacial score (nSPS) is 20.4. The molecule has 1 atom stereocenters. The molecule has 2 rings (SSSR count). The molecule has 2 nitrogen and oxygen atoms in total. The molecule has 1 aromatic rings. The molecule has 1 unspecified atom stereocenters. The van der Waals surface area contributed by atoms with Gasteiger partial charge in [-0.3, -0.25) is 4.98 Å². The minimum Gasteiger partial charge on any atom is -0.384 e. The fourth-order valence-corrected chi connectivity index (χ4v) is 2.77. The first-order valence-corrected chi connectivity index (χ1v) is 6.48. The lowest BCUT2D eigenvalue weighted by Gasteiger charge is -2.29. The van der Waals surface area contributed by atoms with Crippen molar-refractivity contribution in [1.29, 1.82) is 0 Å². The van der Waals surface area contributed by atoms with Gasteiger partial charge in [-0.25, -0.2) is 4.39 Å². The fourth-order valence-electron chi connectivity index (χ4n) is 2.77. The van der Waals surface area contributed by atoms with Crippen molar-refractivity contribution in [2.45, 2.75) is 51.0 Å². The SMILES string of the molecule is CCC(O)(CC1CCCC1)c1ccc(F)cn1. The minimum absolute atomic E-state index is 0.354. The van der Waals surface area contributed by atoms with Gasteiger partial charge < -0.3 is 5.11 Å². The zero-order valence-corrected chi connectivity index (χ0v) is 10.3. The van der Waals surface area contributed by atoms with Crippen LogP contribution in [0.25, 0.3) is 0 Å². The Kier molecular flexibility index (Phi) is 3.77. The van der Waals surface area contributed by atoms with Crippen LogP contribution in [0.3, 0.4) is 0 Å². The molecule has 0 aliphatic heterocycles. The third-order valence-electron chi connectivity index (χ3n) is 3.89. The van der Waals surface area contributed by atoms with Crippen molar-refractivity contribution >= 4 is 0 Å². The number of pyridine rings is 1. The van der Waals surface area contributed by atoms with Crippen LogP contribution >= 0.6 is 0 Å². The van der Waals surface area contributed by atoms with Gasteiger partial charge in [-0.15, -0.1) is 0 Å². The topological polar surface area (TPSA) is 33.1 Å². The number of hydrogen-bond donors (Lipinski definition) is 1. The molecular weight excluding hydrogens is 217 g/mol. The van der Waals surface area contributed by atoms with Crippen molar-refractivity contribution in [3.8, 4) is 0 Å². The van der Waals surface area contributed by atoms with Gasteiger partial charge in [0.25, 0.3) is 0 Å². The van der Waals surface area contributed by atoms with Crippen LogP contribution in [0.2, 0.25) is 0 Å². The molecule has 3 heteroatoms. The van der Waals surface area contributed by atoms with Gasteiger partial charge in [-0.2, -0.15) is 0 Å². The third-order valence-corrected chi connectivity index (χ3v) is 3.89. The van der Waals surface area contributed by atoms with Crippen molar-refractivity contribution in [3.05, 3.63) is 29.8 Å². The summed E-state index contributed by atoms with van der Waals surface area (Å²) in [4.78, 5) is 4.04. The second kappa shape index (κ2) is 5.13. The molecule has 94 valence electrons. The molecule has 1 aromatic heterocycles. The Morgan fingerprint density at radius 2 is 2.12 bits per heavy atom. The first-order chi connectivity index (χ1) is 8.14. The van der Waals surface area contributed by atoms with Gasteiger partial charge in [0.15, 0.2) is 0 Å². The lowest BCUT2D eigenvalue weighted by Crippen LogP contribution is -2.28. The highest BCUT2D eigenvalue weighted by atomic mass is 19.1. The van der Waals surface area contributed by atoms with Crippen LogP contribution < -0.4 is 0 Å². The molecule has 0 bridgehead atoms. The Bertz CT molecular complexity index is 359. The zero-order valence-electron chi connectivity index (χ0n) is 10.3. The average molecular weight is 237 g/mol. The highest BCUT2D eigenvalue weighted by Gasteiger charge is 2.33. The summed E-state index contributed by atoms with van der Waals surface area (Å²) in [6, 6.07) is 2.98. The number of nitrogens with zero attached hydrogens (tertiary/aromatic N) is 1. The van der Waals surface area contributed by atoms with Crippen molar-refractivity contribution < 1.29 is 9.50 Å². The second-order valence-electron chi connectivity index (χ2n) is 5.10. The van der Waals surface area contributed by atoms with Crippen LogP contribution in [0.4, 0.5) is 4.39 Å². The highest BCUT2D eigenvalue weighted by Crippen LogP contribution is 2.37. The predicted octanol–water partition coefficient (Wildman–Crippen LogP) is 3.40. The van der Waals surface area contributed by atoms with E-state index in [4.69, 9.17) is 0 Å². The van der Waals surface area contributed by atoms with E-state index in [2.05, 4.69) is 4.98 Å². The Balaban J connectivity index is 2.14. The number of aliphatic hydroxyl groups is 1. The van der Waals surface area contributed by atoms with Gasteiger partial charge >= 0.3 is 0 Å². The van der Waals surface area contributed by atoms with Gasteiger partial charge in [0.2, 0.25) is 0 Å². The molecule has 0 aromatic carbocycles. The van der Waals surface area contributed by atoms with Crippen LogP contribution in [0.5, 0.6) is 0 Å². The summed E-state index contributed by atoms with van der Waals surface area (Å²) in [6.07, 6.45) is 7.49. The second-order valence-corrected chi connectivity index (χ2v) is 5.10. The summed E-state index contributed by atoms with van der Waals surface area (Å²) in [7, 11) is 0. The van der Waals surface area contributed by atoms with Gasteiger partial charge in [0.05, 0.1) is 11.9 Å². The maximum Gasteiger partial charge on any atom is 0.141 e.